The molecule has 0 radical (unpaired) electrons. The van der Waals surface area contributed by atoms with Crippen LogP contribution in [0.2, 0.25) is 0 Å². The summed E-state index contributed by atoms with van der Waals surface area (Å²) in [6.45, 7) is 4.05. The van der Waals surface area contributed by atoms with E-state index in [2.05, 4.69) is 31.2 Å². The molecule has 170 valence electrons. The van der Waals surface area contributed by atoms with E-state index in [1.54, 1.807) is 31.2 Å². The third kappa shape index (κ3) is 2.42. The second kappa shape index (κ2) is 7.39. The van der Waals surface area contributed by atoms with Gasteiger partial charge >= 0.3 is 5.97 Å². The zero-order chi connectivity index (χ0) is 23.6. The molecule has 7 rings (SSSR count). The van der Waals surface area contributed by atoms with Crippen molar-refractivity contribution in [2.75, 3.05) is 11.5 Å². The van der Waals surface area contributed by atoms with Crippen molar-refractivity contribution in [1.82, 2.24) is 0 Å². The minimum Gasteiger partial charge on any atom is -0.462 e. The predicted octanol–water partition coefficient (Wildman–Crippen LogP) is 4.82. The van der Waals surface area contributed by atoms with Gasteiger partial charge in [-0.3, -0.25) is 9.59 Å². The Labute approximate surface area is 198 Å². The maximum atomic E-state index is 14.2. The van der Waals surface area contributed by atoms with E-state index in [0.29, 0.717) is 12.1 Å². The van der Waals surface area contributed by atoms with Crippen molar-refractivity contribution in [2.24, 2.45) is 11.8 Å². The molecule has 2 bridgehead atoms. The first-order valence-electron chi connectivity index (χ1n) is 11.9. The number of hydrogen-bond donors (Lipinski definition) is 0. The molecular formula is C29H25NO4. The van der Waals surface area contributed by atoms with Crippen LogP contribution in [-0.2, 0) is 19.7 Å². The van der Waals surface area contributed by atoms with E-state index in [9.17, 15) is 14.4 Å². The Hall–Kier alpha value is -3.73. The Morgan fingerprint density at radius 1 is 0.853 bits per heavy atom. The molecule has 0 unspecified atom stereocenters. The zero-order valence-corrected chi connectivity index (χ0v) is 19.2. The van der Waals surface area contributed by atoms with Gasteiger partial charge < -0.3 is 4.74 Å². The van der Waals surface area contributed by atoms with E-state index < -0.39 is 23.2 Å². The molecule has 1 fully saturated rings. The van der Waals surface area contributed by atoms with Crippen LogP contribution < -0.4 is 4.90 Å². The fraction of sp³-hybridized carbons (Fsp3) is 0.276. The number of anilines is 1. The lowest BCUT2D eigenvalue weighted by Crippen LogP contribution is -2.53. The first-order chi connectivity index (χ1) is 16.6. The number of carbonyl (C=O) groups is 3. The van der Waals surface area contributed by atoms with Crippen molar-refractivity contribution in [3.63, 3.8) is 0 Å². The molecule has 5 heteroatoms. The molecule has 34 heavy (non-hydrogen) atoms. The Bertz CT molecular complexity index is 1310. The minimum absolute atomic E-state index is 0.193. The molecule has 3 aromatic carbocycles. The third-order valence-electron chi connectivity index (χ3n) is 7.99. The molecule has 5 nitrogen and oxygen atoms in total. The van der Waals surface area contributed by atoms with Crippen LogP contribution in [0.15, 0.2) is 72.8 Å². The van der Waals surface area contributed by atoms with Gasteiger partial charge in [-0.05, 0) is 47.7 Å². The smallest absolute Gasteiger partial charge is 0.340 e. The third-order valence-corrected chi connectivity index (χ3v) is 7.99. The molecular weight excluding hydrogens is 426 g/mol. The maximum absolute atomic E-state index is 14.2. The maximum Gasteiger partial charge on any atom is 0.340 e. The van der Waals surface area contributed by atoms with Gasteiger partial charge in [0.2, 0.25) is 11.8 Å². The van der Waals surface area contributed by atoms with Crippen LogP contribution in [0.3, 0.4) is 0 Å². The second-order valence-electron chi connectivity index (χ2n) is 9.23. The van der Waals surface area contributed by atoms with Gasteiger partial charge in [0.15, 0.2) is 0 Å². The van der Waals surface area contributed by atoms with E-state index in [4.69, 9.17) is 4.74 Å². The number of para-hydroxylation sites is 1. The van der Waals surface area contributed by atoms with Crippen LogP contribution in [0.4, 0.5) is 5.69 Å². The molecule has 1 saturated heterocycles. The largest absolute Gasteiger partial charge is 0.462 e. The van der Waals surface area contributed by atoms with Crippen LogP contribution in [0, 0.1) is 11.8 Å². The monoisotopic (exact) mass is 451 g/mol. The van der Waals surface area contributed by atoms with Gasteiger partial charge in [-0.2, -0.15) is 0 Å². The highest BCUT2D eigenvalue weighted by atomic mass is 16.5. The van der Waals surface area contributed by atoms with Gasteiger partial charge in [0, 0.05) is 11.3 Å². The number of nitrogens with zero attached hydrogens (tertiary/aromatic N) is 1. The molecule has 0 saturated carbocycles. The highest BCUT2D eigenvalue weighted by Crippen LogP contribution is 2.65. The number of benzene rings is 3. The number of ether oxygens (including phenoxy) is 1. The average Bonchev–Trinajstić information content (AvgIpc) is 3.14. The summed E-state index contributed by atoms with van der Waals surface area (Å²) in [5, 5.41) is 0. The topological polar surface area (TPSA) is 63.7 Å². The fourth-order valence-corrected chi connectivity index (χ4v) is 6.82. The Balaban J connectivity index is 1.59. The van der Waals surface area contributed by atoms with Crippen LogP contribution in [0.1, 0.15) is 58.8 Å². The summed E-state index contributed by atoms with van der Waals surface area (Å²) in [6.07, 6.45) is 0.696. The van der Waals surface area contributed by atoms with Gasteiger partial charge in [0.05, 0.1) is 29.7 Å². The van der Waals surface area contributed by atoms with Crippen LogP contribution in [-0.4, -0.2) is 24.4 Å². The fourth-order valence-electron chi connectivity index (χ4n) is 6.82. The number of esters is 1. The summed E-state index contributed by atoms with van der Waals surface area (Å²) < 4.78 is 5.23. The van der Waals surface area contributed by atoms with E-state index in [1.165, 1.54) is 4.90 Å². The summed E-state index contributed by atoms with van der Waals surface area (Å²) in [6, 6.07) is 23.2. The Morgan fingerprint density at radius 2 is 1.44 bits per heavy atom. The Kier molecular flexibility index (Phi) is 4.53. The predicted molar refractivity (Wildman–Crippen MR) is 128 cm³/mol. The molecule has 2 atom stereocenters. The van der Waals surface area contributed by atoms with E-state index >= 15 is 0 Å². The number of imide groups is 1. The van der Waals surface area contributed by atoms with Crippen molar-refractivity contribution < 1.29 is 19.1 Å². The number of hydrogen-bond acceptors (Lipinski definition) is 4. The summed E-state index contributed by atoms with van der Waals surface area (Å²) in [5.41, 5.74) is 4.50. The van der Waals surface area contributed by atoms with E-state index in [-0.39, 0.29) is 29.9 Å². The minimum atomic E-state index is -0.590. The zero-order valence-electron chi connectivity index (χ0n) is 19.2. The van der Waals surface area contributed by atoms with Crippen LogP contribution in [0.25, 0.3) is 0 Å². The summed E-state index contributed by atoms with van der Waals surface area (Å²) >= 11 is 0. The molecule has 1 aliphatic heterocycles. The van der Waals surface area contributed by atoms with E-state index in [1.807, 2.05) is 24.3 Å². The van der Waals surface area contributed by atoms with Crippen LogP contribution >= 0.6 is 0 Å². The molecule has 2 amide bonds. The lowest BCUT2D eigenvalue weighted by molar-refractivity contribution is -0.123. The molecule has 4 aliphatic rings. The van der Waals surface area contributed by atoms with Gasteiger partial charge in [-0.1, -0.05) is 67.6 Å². The summed E-state index contributed by atoms with van der Waals surface area (Å²) in [5.74, 6) is -2.22. The van der Waals surface area contributed by atoms with Gasteiger partial charge in [0.25, 0.3) is 0 Å². The highest BCUT2D eigenvalue weighted by Gasteiger charge is 2.67. The van der Waals surface area contributed by atoms with Gasteiger partial charge in [-0.15, -0.1) is 0 Å². The van der Waals surface area contributed by atoms with Crippen molar-refractivity contribution in [3.8, 4) is 0 Å². The highest BCUT2D eigenvalue weighted by molar-refractivity contribution is 6.25. The Morgan fingerprint density at radius 3 is 2.06 bits per heavy atom. The normalized spacial score (nSPS) is 26.2. The van der Waals surface area contributed by atoms with Gasteiger partial charge in [0.1, 0.15) is 0 Å². The summed E-state index contributed by atoms with van der Waals surface area (Å²) in [7, 11) is 0. The van der Waals surface area contributed by atoms with Crippen molar-refractivity contribution >= 4 is 23.5 Å². The van der Waals surface area contributed by atoms with Gasteiger partial charge in [-0.25, -0.2) is 9.69 Å². The standard InChI is InChI=1S/C29H25NO4/c1-3-29-20-14-8-5-11-17(20)23(18-12-6-9-15-21(18)29)24-25(29)27(32)30(26(24)31)22-16-10-7-13-19(22)28(33)34-4-2/h5-16,23-25H,3-4H2,1-2H3/t23?,24-,25-,29?/m1/s1. The molecule has 0 spiro atoms. The lowest BCUT2D eigenvalue weighted by atomic mass is 9.46. The molecule has 3 aromatic rings. The summed E-state index contributed by atoms with van der Waals surface area (Å²) in [4.78, 5) is 42.3. The average molecular weight is 452 g/mol. The number of rotatable bonds is 4. The van der Waals surface area contributed by atoms with Crippen molar-refractivity contribution in [2.45, 2.75) is 31.6 Å². The van der Waals surface area contributed by atoms with Crippen LogP contribution in [0.5, 0.6) is 0 Å². The SMILES string of the molecule is CCOC(=O)c1ccccc1N1C(=O)[C@@H]2C3c4ccccc4C(CC)(c4ccccc43)[C@H]2C1=O. The van der Waals surface area contributed by atoms with Crippen molar-refractivity contribution in [3.05, 3.63) is 101 Å². The first kappa shape index (κ1) is 20.8. The lowest BCUT2D eigenvalue weighted by Gasteiger charge is -2.54. The van der Waals surface area contributed by atoms with Crippen molar-refractivity contribution in [1.29, 1.82) is 0 Å². The first-order valence-corrected chi connectivity index (χ1v) is 11.9. The van der Waals surface area contributed by atoms with E-state index in [0.717, 1.165) is 22.3 Å². The second-order valence-corrected chi connectivity index (χ2v) is 9.23. The number of carbonyl (C=O) groups excluding carboxylic acids is 3. The number of amides is 2. The molecule has 1 heterocycles. The quantitative estimate of drug-likeness (QED) is 0.421. The molecule has 0 aromatic heterocycles. The molecule has 0 N–H and O–H groups in total. The molecule has 3 aliphatic carbocycles.